The predicted molar refractivity (Wildman–Crippen MR) is 110 cm³/mol. The minimum Gasteiger partial charge on any atom is -0.342 e. The third-order valence-corrected chi connectivity index (χ3v) is 5.18. The SMILES string of the molecule is CCCCCCCCc1ccc2nc(CCCCCCCC)[nH]c2c1. The van der Waals surface area contributed by atoms with Crippen molar-refractivity contribution >= 4 is 11.0 Å². The molecule has 1 N–H and O–H groups in total. The lowest BCUT2D eigenvalue weighted by atomic mass is 10.0. The molecule has 1 aromatic heterocycles. The largest absolute Gasteiger partial charge is 0.342 e. The molecule has 0 atom stereocenters. The molecule has 0 aliphatic heterocycles. The van der Waals surface area contributed by atoms with Gasteiger partial charge in [-0.15, -0.1) is 0 Å². The van der Waals surface area contributed by atoms with Gasteiger partial charge in [0.1, 0.15) is 5.82 Å². The molecule has 2 rings (SSSR count). The van der Waals surface area contributed by atoms with Crippen LogP contribution in [0.3, 0.4) is 0 Å². The van der Waals surface area contributed by atoms with E-state index in [4.69, 9.17) is 4.98 Å². The van der Waals surface area contributed by atoms with Crippen molar-refractivity contribution in [3.63, 3.8) is 0 Å². The van der Waals surface area contributed by atoms with Crippen LogP contribution in [0.15, 0.2) is 18.2 Å². The first-order chi connectivity index (χ1) is 12.3. The number of unbranched alkanes of at least 4 members (excludes halogenated alkanes) is 10. The molecule has 25 heavy (non-hydrogen) atoms. The lowest BCUT2D eigenvalue weighted by Crippen LogP contribution is -1.88. The molecule has 2 heteroatoms. The van der Waals surface area contributed by atoms with Crippen molar-refractivity contribution in [2.75, 3.05) is 0 Å². The summed E-state index contributed by atoms with van der Waals surface area (Å²) >= 11 is 0. The number of nitrogens with zero attached hydrogens (tertiary/aromatic N) is 1. The zero-order valence-electron chi connectivity index (χ0n) is 16.6. The molecule has 2 nitrogen and oxygen atoms in total. The zero-order chi connectivity index (χ0) is 17.7. The smallest absolute Gasteiger partial charge is 0.107 e. The fourth-order valence-electron chi connectivity index (χ4n) is 3.57. The third-order valence-electron chi connectivity index (χ3n) is 5.18. The van der Waals surface area contributed by atoms with Gasteiger partial charge in [-0.3, -0.25) is 0 Å². The minimum atomic E-state index is 1.09. The Hall–Kier alpha value is -1.31. The van der Waals surface area contributed by atoms with E-state index in [1.54, 1.807) is 0 Å². The van der Waals surface area contributed by atoms with Gasteiger partial charge in [0.15, 0.2) is 0 Å². The van der Waals surface area contributed by atoms with E-state index in [2.05, 4.69) is 37.0 Å². The molecule has 0 bridgehead atoms. The van der Waals surface area contributed by atoms with Crippen molar-refractivity contribution in [2.45, 2.75) is 104 Å². The van der Waals surface area contributed by atoms with Gasteiger partial charge in [-0.2, -0.15) is 0 Å². The van der Waals surface area contributed by atoms with Crippen LogP contribution >= 0.6 is 0 Å². The second-order valence-corrected chi connectivity index (χ2v) is 7.57. The second kappa shape index (κ2) is 12.1. The number of hydrogen-bond donors (Lipinski definition) is 1. The van der Waals surface area contributed by atoms with E-state index in [-0.39, 0.29) is 0 Å². The second-order valence-electron chi connectivity index (χ2n) is 7.57. The molecule has 0 saturated heterocycles. The Bertz CT molecular complexity index is 571. The van der Waals surface area contributed by atoms with E-state index in [0.29, 0.717) is 0 Å². The lowest BCUT2D eigenvalue weighted by molar-refractivity contribution is 0.602. The van der Waals surface area contributed by atoms with Crippen LogP contribution in [0.4, 0.5) is 0 Å². The van der Waals surface area contributed by atoms with Crippen LogP contribution in [0.25, 0.3) is 11.0 Å². The van der Waals surface area contributed by atoms with Crippen LogP contribution in [-0.4, -0.2) is 9.97 Å². The predicted octanol–water partition coefficient (Wildman–Crippen LogP) is 7.37. The van der Waals surface area contributed by atoms with Crippen molar-refractivity contribution in [3.05, 3.63) is 29.6 Å². The van der Waals surface area contributed by atoms with Crippen LogP contribution in [0, 0.1) is 0 Å². The van der Waals surface area contributed by atoms with Gasteiger partial charge < -0.3 is 4.98 Å². The van der Waals surface area contributed by atoms with E-state index >= 15 is 0 Å². The molecule has 0 saturated carbocycles. The molecule has 0 unspecified atom stereocenters. The van der Waals surface area contributed by atoms with Gasteiger partial charge in [0.2, 0.25) is 0 Å². The monoisotopic (exact) mass is 342 g/mol. The van der Waals surface area contributed by atoms with Crippen LogP contribution in [0.1, 0.15) is 102 Å². The maximum atomic E-state index is 4.76. The number of hydrogen-bond acceptors (Lipinski definition) is 1. The summed E-state index contributed by atoms with van der Waals surface area (Å²) in [5, 5.41) is 0. The molecule has 2 aromatic rings. The summed E-state index contributed by atoms with van der Waals surface area (Å²) in [5.41, 5.74) is 3.81. The van der Waals surface area contributed by atoms with Gasteiger partial charge in [-0.1, -0.05) is 84.1 Å². The molecule has 0 aliphatic carbocycles. The highest BCUT2D eigenvalue weighted by Gasteiger charge is 2.04. The number of aromatic nitrogens is 2. The summed E-state index contributed by atoms with van der Waals surface area (Å²) < 4.78 is 0. The molecule has 0 amide bonds. The van der Waals surface area contributed by atoms with Gasteiger partial charge in [0, 0.05) is 6.42 Å². The quantitative estimate of drug-likeness (QED) is 0.357. The maximum Gasteiger partial charge on any atom is 0.107 e. The molecular weight excluding hydrogens is 304 g/mol. The molecule has 0 radical (unpaired) electrons. The number of imidazole rings is 1. The third kappa shape index (κ3) is 7.63. The van der Waals surface area contributed by atoms with Gasteiger partial charge in [0.05, 0.1) is 11.0 Å². The van der Waals surface area contributed by atoms with Crippen LogP contribution in [0.2, 0.25) is 0 Å². The average molecular weight is 343 g/mol. The van der Waals surface area contributed by atoms with Crippen LogP contribution < -0.4 is 0 Å². The Kier molecular flexibility index (Phi) is 9.69. The van der Waals surface area contributed by atoms with Crippen molar-refractivity contribution in [3.8, 4) is 0 Å². The number of aryl methyl sites for hydroxylation is 2. The average Bonchev–Trinajstić information content (AvgIpc) is 3.03. The van der Waals surface area contributed by atoms with Crippen LogP contribution in [-0.2, 0) is 12.8 Å². The molecule has 0 spiro atoms. The highest BCUT2D eigenvalue weighted by Crippen LogP contribution is 2.18. The van der Waals surface area contributed by atoms with Gasteiger partial charge >= 0.3 is 0 Å². The summed E-state index contributed by atoms with van der Waals surface area (Å²) in [6.45, 7) is 4.55. The van der Waals surface area contributed by atoms with Crippen molar-refractivity contribution < 1.29 is 0 Å². The normalized spacial score (nSPS) is 11.4. The zero-order valence-corrected chi connectivity index (χ0v) is 16.6. The highest BCUT2D eigenvalue weighted by molar-refractivity contribution is 5.75. The van der Waals surface area contributed by atoms with E-state index in [1.165, 1.54) is 100 Å². The molecule has 1 heterocycles. The topological polar surface area (TPSA) is 28.7 Å². The Labute approximate surface area is 154 Å². The molecule has 0 fully saturated rings. The Balaban J connectivity index is 1.72. The van der Waals surface area contributed by atoms with Crippen LogP contribution in [0.5, 0.6) is 0 Å². The molecule has 140 valence electrons. The van der Waals surface area contributed by atoms with Crippen molar-refractivity contribution in [1.29, 1.82) is 0 Å². The number of fused-ring (bicyclic) bond motifs is 1. The fourth-order valence-corrected chi connectivity index (χ4v) is 3.57. The lowest BCUT2D eigenvalue weighted by Gasteiger charge is -2.02. The van der Waals surface area contributed by atoms with Crippen molar-refractivity contribution in [1.82, 2.24) is 9.97 Å². The molecule has 1 aromatic carbocycles. The fraction of sp³-hybridized carbons (Fsp3) is 0.696. The Morgan fingerprint density at radius 3 is 2.00 bits per heavy atom. The summed E-state index contributed by atoms with van der Waals surface area (Å²) in [7, 11) is 0. The standard InChI is InChI=1S/C23H38N2/c1-3-5-7-9-11-13-15-20-17-18-21-22(19-20)25-23(24-21)16-14-12-10-8-6-4-2/h17-19H,3-16H2,1-2H3,(H,24,25). The number of rotatable bonds is 14. The summed E-state index contributed by atoms with van der Waals surface area (Å²) in [4.78, 5) is 8.31. The number of H-pyrrole nitrogens is 1. The van der Waals surface area contributed by atoms with E-state index < -0.39 is 0 Å². The van der Waals surface area contributed by atoms with Gasteiger partial charge in [0.25, 0.3) is 0 Å². The van der Waals surface area contributed by atoms with Gasteiger partial charge in [-0.25, -0.2) is 4.98 Å². The first kappa shape index (κ1) is 20.0. The van der Waals surface area contributed by atoms with Gasteiger partial charge in [-0.05, 0) is 37.0 Å². The Morgan fingerprint density at radius 2 is 1.32 bits per heavy atom. The van der Waals surface area contributed by atoms with E-state index in [1.807, 2.05) is 0 Å². The summed E-state index contributed by atoms with van der Waals surface area (Å²) in [5.74, 6) is 1.17. The first-order valence-electron chi connectivity index (χ1n) is 10.8. The summed E-state index contributed by atoms with van der Waals surface area (Å²) in [6, 6.07) is 6.78. The van der Waals surface area contributed by atoms with E-state index in [9.17, 15) is 0 Å². The number of benzene rings is 1. The summed E-state index contributed by atoms with van der Waals surface area (Å²) in [6.07, 6.45) is 18.5. The maximum absolute atomic E-state index is 4.76. The Morgan fingerprint density at radius 1 is 0.720 bits per heavy atom. The number of nitrogens with one attached hydrogen (secondary N) is 1. The number of aromatic amines is 1. The highest BCUT2D eigenvalue weighted by atomic mass is 14.9. The van der Waals surface area contributed by atoms with E-state index in [0.717, 1.165) is 11.9 Å². The molecule has 0 aliphatic rings. The minimum absolute atomic E-state index is 1.09. The first-order valence-corrected chi connectivity index (χ1v) is 10.8. The van der Waals surface area contributed by atoms with Crippen molar-refractivity contribution in [2.24, 2.45) is 0 Å². The molecular formula is C23H38N2.